The van der Waals surface area contributed by atoms with Crippen LogP contribution in [-0.4, -0.2) is 13.2 Å². The fourth-order valence-electron chi connectivity index (χ4n) is 3.76. The Labute approximate surface area is 167 Å². The van der Waals surface area contributed by atoms with E-state index in [4.69, 9.17) is 4.43 Å². The third-order valence-corrected chi connectivity index (χ3v) is 10.0. The summed E-state index contributed by atoms with van der Waals surface area (Å²) < 4.78 is 6.78. The minimum Gasteiger partial charge on any atom is -0.403 e. The van der Waals surface area contributed by atoms with Crippen LogP contribution in [0.5, 0.6) is 0 Å². The van der Waals surface area contributed by atoms with Gasteiger partial charge in [-0.25, -0.2) is 0 Å². The Morgan fingerprint density at radius 1 is 0.821 bits per heavy atom. The minimum absolute atomic E-state index is 0.0976. The van der Waals surface area contributed by atoms with Crippen molar-refractivity contribution in [2.24, 2.45) is 0 Å². The molecule has 0 bridgehead atoms. The maximum atomic E-state index is 11.4. The van der Waals surface area contributed by atoms with Gasteiger partial charge in [0, 0.05) is 6.07 Å². The molecule has 3 aromatic rings. The van der Waals surface area contributed by atoms with E-state index < -0.39 is 8.32 Å². The van der Waals surface area contributed by atoms with Gasteiger partial charge in [-0.1, -0.05) is 93.6 Å². The van der Waals surface area contributed by atoms with E-state index in [-0.39, 0.29) is 22.3 Å². The zero-order valence-corrected chi connectivity index (χ0v) is 17.5. The Bertz CT molecular complexity index is 897. The number of rotatable bonds is 6. The summed E-state index contributed by atoms with van der Waals surface area (Å²) in [6.07, 6.45) is 0. The highest BCUT2D eigenvalue weighted by molar-refractivity contribution is 6.99. The molecule has 0 amide bonds. The summed E-state index contributed by atoms with van der Waals surface area (Å²) >= 11 is 0. The number of benzene rings is 3. The Morgan fingerprint density at radius 3 is 1.75 bits per heavy atom. The summed E-state index contributed by atoms with van der Waals surface area (Å²) in [7, 11) is -2.71. The van der Waals surface area contributed by atoms with Crippen molar-refractivity contribution in [3.63, 3.8) is 0 Å². The molecule has 0 spiro atoms. The van der Waals surface area contributed by atoms with Crippen molar-refractivity contribution >= 4 is 24.4 Å². The van der Waals surface area contributed by atoms with Crippen molar-refractivity contribution in [3.05, 3.63) is 101 Å². The third-order valence-electron chi connectivity index (χ3n) is 5.05. The van der Waals surface area contributed by atoms with Crippen LogP contribution < -0.4 is 10.4 Å². The van der Waals surface area contributed by atoms with E-state index >= 15 is 0 Å². The smallest absolute Gasteiger partial charge is 0.274 e. The monoisotopic (exact) mass is 391 g/mol. The Morgan fingerprint density at radius 2 is 1.29 bits per heavy atom. The predicted octanol–water partition coefficient (Wildman–Crippen LogP) is 4.67. The molecule has 4 nitrogen and oxygen atoms in total. The van der Waals surface area contributed by atoms with E-state index in [2.05, 4.69) is 45.0 Å². The normalized spacial score (nSPS) is 12.0. The lowest BCUT2D eigenvalue weighted by Crippen LogP contribution is -2.66. The van der Waals surface area contributed by atoms with Gasteiger partial charge in [-0.05, 0) is 21.5 Å². The van der Waals surface area contributed by atoms with E-state index in [1.54, 1.807) is 12.1 Å². The fraction of sp³-hybridized carbons (Fsp3) is 0.217. The topological polar surface area (TPSA) is 52.4 Å². The van der Waals surface area contributed by atoms with Crippen LogP contribution in [-0.2, 0) is 11.0 Å². The Kier molecular flexibility index (Phi) is 5.77. The fourth-order valence-corrected chi connectivity index (χ4v) is 8.29. The van der Waals surface area contributed by atoms with Gasteiger partial charge in [0.2, 0.25) is 0 Å². The quantitative estimate of drug-likeness (QED) is 0.348. The average Bonchev–Trinajstić information content (AvgIpc) is 2.69. The number of hydrogen-bond donors (Lipinski definition) is 0. The van der Waals surface area contributed by atoms with Gasteiger partial charge in [0.05, 0.1) is 17.1 Å². The molecule has 3 rings (SSSR count). The van der Waals surface area contributed by atoms with E-state index in [1.807, 2.05) is 42.5 Å². The maximum Gasteiger partial charge on any atom is 0.274 e. The first-order chi connectivity index (χ1) is 13.4. The van der Waals surface area contributed by atoms with Gasteiger partial charge < -0.3 is 4.43 Å². The van der Waals surface area contributed by atoms with Crippen LogP contribution in [0.4, 0.5) is 5.69 Å². The van der Waals surface area contributed by atoms with Crippen molar-refractivity contribution in [2.75, 3.05) is 0 Å². The Hall–Kier alpha value is -2.76. The largest absolute Gasteiger partial charge is 0.403 e. The molecule has 144 valence electrons. The molecule has 0 aliphatic carbocycles. The molecule has 0 N–H and O–H groups in total. The molecule has 0 unspecified atom stereocenters. The van der Waals surface area contributed by atoms with E-state index in [9.17, 15) is 10.1 Å². The summed E-state index contributed by atoms with van der Waals surface area (Å²) in [6, 6.07) is 27.4. The van der Waals surface area contributed by atoms with Gasteiger partial charge in [0.15, 0.2) is 0 Å². The third kappa shape index (κ3) is 3.77. The lowest BCUT2D eigenvalue weighted by atomic mass is 10.2. The van der Waals surface area contributed by atoms with Crippen molar-refractivity contribution in [2.45, 2.75) is 32.4 Å². The molecular formula is C23H25NO3Si. The zero-order chi connectivity index (χ0) is 20.2. The summed E-state index contributed by atoms with van der Waals surface area (Å²) in [5, 5.41) is 13.6. The molecule has 0 saturated carbocycles. The van der Waals surface area contributed by atoms with Crippen molar-refractivity contribution in [3.8, 4) is 0 Å². The lowest BCUT2D eigenvalue weighted by Gasteiger charge is -2.43. The van der Waals surface area contributed by atoms with Crippen LogP contribution in [0.25, 0.3) is 0 Å². The zero-order valence-electron chi connectivity index (χ0n) is 16.5. The predicted molar refractivity (Wildman–Crippen MR) is 116 cm³/mol. The second kappa shape index (κ2) is 8.08. The second-order valence-electron chi connectivity index (χ2n) is 7.84. The van der Waals surface area contributed by atoms with Crippen LogP contribution in [0.2, 0.25) is 5.04 Å². The average molecular weight is 392 g/mol. The van der Waals surface area contributed by atoms with Gasteiger partial charge in [0.1, 0.15) is 0 Å². The molecule has 0 atom stereocenters. The van der Waals surface area contributed by atoms with Gasteiger partial charge >= 0.3 is 0 Å². The molecule has 0 fully saturated rings. The first kappa shape index (κ1) is 20.0. The van der Waals surface area contributed by atoms with Crippen LogP contribution in [0, 0.1) is 10.1 Å². The highest BCUT2D eigenvalue weighted by atomic mass is 28.4. The first-order valence-electron chi connectivity index (χ1n) is 9.33. The standard InChI is InChI=1S/C23H25NO3Si/c1-23(2,3)28(20-13-6-4-7-14-20,21-15-8-5-9-16-21)27-18-19-12-10-11-17-22(19)24(25)26/h4-17H,18H2,1-3H3. The van der Waals surface area contributed by atoms with Gasteiger partial charge in [-0.3, -0.25) is 10.1 Å². The molecule has 0 aromatic heterocycles. The van der Waals surface area contributed by atoms with Crippen molar-refractivity contribution < 1.29 is 9.35 Å². The van der Waals surface area contributed by atoms with Crippen LogP contribution in [0.3, 0.4) is 0 Å². The first-order valence-corrected chi connectivity index (χ1v) is 11.2. The molecular weight excluding hydrogens is 366 g/mol. The molecule has 3 aromatic carbocycles. The maximum absolute atomic E-state index is 11.4. The SMILES string of the molecule is CC(C)(C)[Si](OCc1ccccc1[N+](=O)[O-])(c1ccccc1)c1ccccc1. The summed E-state index contributed by atoms with van der Waals surface area (Å²) in [5.74, 6) is 0. The molecule has 0 aliphatic heterocycles. The number of nitrogens with zero attached hydrogens (tertiary/aromatic N) is 1. The lowest BCUT2D eigenvalue weighted by molar-refractivity contribution is -0.385. The molecule has 0 heterocycles. The summed E-state index contributed by atoms with van der Waals surface area (Å²) in [4.78, 5) is 11.1. The number of para-hydroxylation sites is 1. The summed E-state index contributed by atoms with van der Waals surface area (Å²) in [6.45, 7) is 6.78. The number of nitro benzene ring substituents is 1. The van der Waals surface area contributed by atoms with Crippen molar-refractivity contribution in [1.82, 2.24) is 0 Å². The van der Waals surface area contributed by atoms with E-state index in [1.165, 1.54) is 6.07 Å². The van der Waals surface area contributed by atoms with E-state index in [0.29, 0.717) is 5.56 Å². The van der Waals surface area contributed by atoms with Crippen molar-refractivity contribution in [1.29, 1.82) is 0 Å². The number of hydrogen-bond acceptors (Lipinski definition) is 3. The highest BCUT2D eigenvalue weighted by Gasteiger charge is 2.50. The summed E-state index contributed by atoms with van der Waals surface area (Å²) in [5.41, 5.74) is 0.695. The van der Waals surface area contributed by atoms with Crippen LogP contribution in [0.1, 0.15) is 26.3 Å². The molecule has 28 heavy (non-hydrogen) atoms. The molecule has 0 aliphatic rings. The van der Waals surface area contributed by atoms with Gasteiger partial charge in [-0.2, -0.15) is 0 Å². The van der Waals surface area contributed by atoms with Crippen LogP contribution in [0.15, 0.2) is 84.9 Å². The number of nitro groups is 1. The van der Waals surface area contributed by atoms with Gasteiger partial charge in [-0.15, -0.1) is 0 Å². The highest BCUT2D eigenvalue weighted by Crippen LogP contribution is 2.37. The minimum atomic E-state index is -2.71. The molecule has 0 saturated heterocycles. The Balaban J connectivity index is 2.13. The second-order valence-corrected chi connectivity index (χ2v) is 12.1. The van der Waals surface area contributed by atoms with Crippen LogP contribution >= 0.6 is 0 Å². The molecule has 0 radical (unpaired) electrons. The van der Waals surface area contributed by atoms with Gasteiger partial charge in [0.25, 0.3) is 14.0 Å². The molecule has 5 heteroatoms. The van der Waals surface area contributed by atoms with E-state index in [0.717, 1.165) is 10.4 Å².